The SMILES string of the molecule is CCOCCCC1c2ccccc2C(F)(F)C(F)(F)c2ccc(Cl)cc21. The highest BCUT2D eigenvalue weighted by Gasteiger charge is 2.62. The molecular formula is C20H19ClF4O. The van der Waals surface area contributed by atoms with Gasteiger partial charge in [0.05, 0.1) is 0 Å². The molecule has 1 nitrogen and oxygen atoms in total. The second-order valence-corrected chi connectivity index (χ2v) is 6.80. The van der Waals surface area contributed by atoms with Crippen LogP contribution in [0.3, 0.4) is 0 Å². The minimum atomic E-state index is -4.32. The fraction of sp³-hybridized carbons (Fsp3) is 0.400. The van der Waals surface area contributed by atoms with Crippen molar-refractivity contribution in [1.29, 1.82) is 0 Å². The molecule has 0 aliphatic heterocycles. The molecule has 2 aromatic carbocycles. The Morgan fingerprint density at radius 1 is 0.962 bits per heavy atom. The van der Waals surface area contributed by atoms with Crippen molar-refractivity contribution in [1.82, 2.24) is 0 Å². The van der Waals surface area contributed by atoms with Gasteiger partial charge < -0.3 is 4.74 Å². The highest BCUT2D eigenvalue weighted by atomic mass is 35.5. The van der Waals surface area contributed by atoms with Crippen molar-refractivity contribution < 1.29 is 22.3 Å². The van der Waals surface area contributed by atoms with Gasteiger partial charge in [0, 0.05) is 35.3 Å². The number of fused-ring (bicyclic) bond motifs is 2. The smallest absolute Gasteiger partial charge is 0.340 e. The summed E-state index contributed by atoms with van der Waals surface area (Å²) in [6.45, 7) is 2.84. The fourth-order valence-electron chi connectivity index (χ4n) is 3.55. The third-order valence-electron chi connectivity index (χ3n) is 4.78. The van der Waals surface area contributed by atoms with Gasteiger partial charge in [-0.3, -0.25) is 0 Å². The van der Waals surface area contributed by atoms with Gasteiger partial charge >= 0.3 is 11.8 Å². The number of ether oxygens (including phenoxy) is 1. The summed E-state index contributed by atoms with van der Waals surface area (Å²) in [7, 11) is 0. The fourth-order valence-corrected chi connectivity index (χ4v) is 3.73. The summed E-state index contributed by atoms with van der Waals surface area (Å²) in [6.07, 6.45) is 0.979. The van der Waals surface area contributed by atoms with Crippen LogP contribution in [0.1, 0.15) is 47.9 Å². The van der Waals surface area contributed by atoms with E-state index in [-0.39, 0.29) is 16.1 Å². The van der Waals surface area contributed by atoms with E-state index < -0.39 is 28.9 Å². The highest BCUT2D eigenvalue weighted by molar-refractivity contribution is 6.30. The summed E-state index contributed by atoms with van der Waals surface area (Å²) in [6, 6.07) is 9.19. The maximum atomic E-state index is 14.8. The average molecular weight is 387 g/mol. The molecule has 0 bridgehead atoms. The second-order valence-electron chi connectivity index (χ2n) is 6.36. The summed E-state index contributed by atoms with van der Waals surface area (Å²) in [5.74, 6) is -9.22. The number of hydrogen-bond donors (Lipinski definition) is 0. The Bertz CT molecular complexity index is 791. The van der Waals surface area contributed by atoms with E-state index >= 15 is 0 Å². The molecule has 1 atom stereocenters. The number of benzene rings is 2. The van der Waals surface area contributed by atoms with Gasteiger partial charge in [0.15, 0.2) is 0 Å². The van der Waals surface area contributed by atoms with Crippen LogP contribution in [0.2, 0.25) is 5.02 Å². The topological polar surface area (TPSA) is 9.23 Å². The van der Waals surface area contributed by atoms with Gasteiger partial charge in [-0.2, -0.15) is 17.6 Å². The van der Waals surface area contributed by atoms with Crippen LogP contribution in [-0.2, 0) is 16.6 Å². The maximum absolute atomic E-state index is 14.8. The van der Waals surface area contributed by atoms with Crippen LogP contribution in [0.15, 0.2) is 42.5 Å². The van der Waals surface area contributed by atoms with Crippen molar-refractivity contribution in [3.63, 3.8) is 0 Å². The zero-order valence-electron chi connectivity index (χ0n) is 14.2. The summed E-state index contributed by atoms with van der Waals surface area (Å²) in [5.41, 5.74) is -0.915. The van der Waals surface area contributed by atoms with Gasteiger partial charge in [-0.1, -0.05) is 41.9 Å². The number of rotatable bonds is 5. The normalized spacial score (nSPS) is 20.2. The molecule has 1 unspecified atom stereocenters. The van der Waals surface area contributed by atoms with E-state index in [1.807, 2.05) is 6.92 Å². The standard InChI is InChI=1S/C20H19ClF4O/c1-2-26-11-5-7-14-15-6-3-4-8-17(15)19(22,23)20(24,25)18-10-9-13(21)12-16(14)18/h3-4,6,8-10,12,14H,2,5,7,11H2,1H3. The Balaban J connectivity index is 2.19. The number of alkyl halides is 4. The molecule has 0 amide bonds. The molecule has 1 aliphatic carbocycles. The first-order valence-electron chi connectivity index (χ1n) is 8.53. The molecule has 0 saturated carbocycles. The van der Waals surface area contributed by atoms with Crippen molar-refractivity contribution >= 4 is 11.6 Å². The molecule has 2 aromatic rings. The van der Waals surface area contributed by atoms with Crippen molar-refractivity contribution in [3.05, 3.63) is 69.7 Å². The van der Waals surface area contributed by atoms with Crippen molar-refractivity contribution in [2.75, 3.05) is 13.2 Å². The predicted octanol–water partition coefficient (Wildman–Crippen LogP) is 6.49. The summed E-state index contributed by atoms with van der Waals surface area (Å²) >= 11 is 6.01. The van der Waals surface area contributed by atoms with Crippen LogP contribution in [-0.4, -0.2) is 13.2 Å². The van der Waals surface area contributed by atoms with Gasteiger partial charge in [0.2, 0.25) is 0 Å². The van der Waals surface area contributed by atoms with Gasteiger partial charge in [0.1, 0.15) is 0 Å². The van der Waals surface area contributed by atoms with Gasteiger partial charge in [-0.15, -0.1) is 0 Å². The van der Waals surface area contributed by atoms with E-state index in [1.54, 1.807) is 6.07 Å². The molecule has 0 radical (unpaired) electrons. The molecule has 0 spiro atoms. The Kier molecular flexibility index (Phi) is 5.31. The molecule has 0 heterocycles. The summed E-state index contributed by atoms with van der Waals surface area (Å²) in [4.78, 5) is 0. The van der Waals surface area contributed by atoms with Crippen LogP contribution >= 0.6 is 11.6 Å². The molecule has 26 heavy (non-hydrogen) atoms. The summed E-state index contributed by atoms with van der Waals surface area (Å²) < 4.78 is 64.6. The van der Waals surface area contributed by atoms with E-state index in [0.717, 1.165) is 12.1 Å². The van der Waals surface area contributed by atoms with Gasteiger partial charge in [0.25, 0.3) is 0 Å². The van der Waals surface area contributed by atoms with Crippen LogP contribution in [0, 0.1) is 0 Å². The van der Waals surface area contributed by atoms with Crippen LogP contribution in [0.4, 0.5) is 17.6 Å². The van der Waals surface area contributed by atoms with Gasteiger partial charge in [-0.25, -0.2) is 0 Å². The lowest BCUT2D eigenvalue weighted by atomic mass is 9.84. The average Bonchev–Trinajstić information content (AvgIpc) is 2.65. The van der Waals surface area contributed by atoms with E-state index in [1.165, 1.54) is 24.3 Å². The van der Waals surface area contributed by atoms with E-state index in [0.29, 0.717) is 26.1 Å². The zero-order valence-corrected chi connectivity index (χ0v) is 15.0. The first-order valence-corrected chi connectivity index (χ1v) is 8.91. The third-order valence-corrected chi connectivity index (χ3v) is 5.02. The molecule has 6 heteroatoms. The number of halogens is 5. The van der Waals surface area contributed by atoms with E-state index in [4.69, 9.17) is 16.3 Å². The van der Waals surface area contributed by atoms with Crippen LogP contribution in [0.5, 0.6) is 0 Å². The third kappa shape index (κ3) is 3.12. The first kappa shape index (κ1) is 19.2. The number of hydrogen-bond acceptors (Lipinski definition) is 1. The Labute approximate surface area is 154 Å². The molecule has 140 valence electrons. The minimum absolute atomic E-state index is 0.156. The predicted molar refractivity (Wildman–Crippen MR) is 93.3 cm³/mol. The van der Waals surface area contributed by atoms with Crippen molar-refractivity contribution in [3.8, 4) is 0 Å². The Morgan fingerprint density at radius 3 is 2.31 bits per heavy atom. The first-order chi connectivity index (χ1) is 12.3. The minimum Gasteiger partial charge on any atom is -0.382 e. The highest BCUT2D eigenvalue weighted by Crippen LogP contribution is 2.56. The van der Waals surface area contributed by atoms with Crippen LogP contribution < -0.4 is 0 Å². The van der Waals surface area contributed by atoms with Crippen molar-refractivity contribution in [2.45, 2.75) is 37.5 Å². The Hall–Kier alpha value is -1.59. The van der Waals surface area contributed by atoms with Crippen molar-refractivity contribution in [2.24, 2.45) is 0 Å². The Morgan fingerprint density at radius 2 is 1.62 bits per heavy atom. The molecule has 1 aliphatic rings. The second kappa shape index (κ2) is 7.20. The maximum Gasteiger partial charge on any atom is 0.340 e. The molecular weight excluding hydrogens is 368 g/mol. The van der Waals surface area contributed by atoms with Gasteiger partial charge in [-0.05, 0) is 43.0 Å². The quantitative estimate of drug-likeness (QED) is 0.421. The lowest BCUT2D eigenvalue weighted by Gasteiger charge is -2.27. The molecule has 0 saturated heterocycles. The van der Waals surface area contributed by atoms with E-state index in [2.05, 4.69) is 0 Å². The lowest BCUT2D eigenvalue weighted by Crippen LogP contribution is -2.35. The lowest BCUT2D eigenvalue weighted by molar-refractivity contribution is -0.223. The van der Waals surface area contributed by atoms with E-state index in [9.17, 15) is 17.6 Å². The molecule has 0 N–H and O–H groups in total. The molecule has 0 aromatic heterocycles. The molecule has 0 fully saturated rings. The monoisotopic (exact) mass is 386 g/mol. The largest absolute Gasteiger partial charge is 0.382 e. The zero-order chi connectivity index (χ0) is 18.9. The van der Waals surface area contributed by atoms with Crippen LogP contribution in [0.25, 0.3) is 0 Å². The molecule has 3 rings (SSSR count). The summed E-state index contributed by atoms with van der Waals surface area (Å²) in [5, 5.41) is 0.247.